The number of nitrogens with two attached hydrogens (primary N) is 1. The molecule has 0 fully saturated rings. The van der Waals surface area contributed by atoms with Gasteiger partial charge in [0.2, 0.25) is 0 Å². The van der Waals surface area contributed by atoms with Crippen LogP contribution >= 0.6 is 11.8 Å². The average Bonchev–Trinajstić information content (AvgIpc) is 2.58. The predicted octanol–water partition coefficient (Wildman–Crippen LogP) is 3.12. The maximum Gasteiger partial charge on any atom is 0.133 e. The molecule has 0 aromatic heterocycles. The highest BCUT2D eigenvalue weighted by molar-refractivity contribution is 7.98. The molecule has 0 heterocycles. The molecule has 0 aliphatic carbocycles. The van der Waals surface area contributed by atoms with Crippen molar-refractivity contribution in [2.24, 2.45) is 0 Å². The Bertz CT molecular complexity index is 663. The third-order valence-electron chi connectivity index (χ3n) is 3.36. The number of nitrogen functional groups attached to an aromatic ring is 1. The Morgan fingerprint density at radius 1 is 1.13 bits per heavy atom. The normalized spacial score (nSPS) is 11.8. The van der Waals surface area contributed by atoms with Gasteiger partial charge in [0.25, 0.3) is 0 Å². The van der Waals surface area contributed by atoms with Crippen LogP contribution in [0.1, 0.15) is 11.7 Å². The summed E-state index contributed by atoms with van der Waals surface area (Å²) in [5, 5.41) is 10.4. The molecule has 2 aromatic rings. The molecule has 0 saturated heterocycles. The summed E-state index contributed by atoms with van der Waals surface area (Å²) in [5.74, 6) is 1.89. The van der Waals surface area contributed by atoms with Crippen LogP contribution < -0.4 is 19.9 Å². The van der Waals surface area contributed by atoms with Crippen molar-refractivity contribution in [1.82, 2.24) is 0 Å². The SMILES string of the molecule is COc1cc(C(O)COc2cccc(N)c2)c(OC)cc1SC. The molecule has 0 aliphatic heterocycles. The van der Waals surface area contributed by atoms with Crippen molar-refractivity contribution in [3.63, 3.8) is 0 Å². The number of thioether (sulfide) groups is 1. The quantitative estimate of drug-likeness (QED) is 0.598. The van der Waals surface area contributed by atoms with Crippen LogP contribution in [0.3, 0.4) is 0 Å². The van der Waals surface area contributed by atoms with Crippen LogP contribution in [0.5, 0.6) is 17.2 Å². The van der Waals surface area contributed by atoms with Crippen LogP contribution in [-0.2, 0) is 0 Å². The summed E-state index contributed by atoms with van der Waals surface area (Å²) in [6.07, 6.45) is 1.10. The first kappa shape index (κ1) is 17.3. The molecule has 2 aromatic carbocycles. The van der Waals surface area contributed by atoms with E-state index >= 15 is 0 Å². The number of methoxy groups -OCH3 is 2. The van der Waals surface area contributed by atoms with E-state index in [9.17, 15) is 5.11 Å². The van der Waals surface area contributed by atoms with Crippen LogP contribution in [0.4, 0.5) is 5.69 Å². The van der Waals surface area contributed by atoms with E-state index in [4.69, 9.17) is 19.9 Å². The smallest absolute Gasteiger partial charge is 0.133 e. The molecule has 0 radical (unpaired) electrons. The molecule has 2 rings (SSSR count). The summed E-state index contributed by atoms with van der Waals surface area (Å²) in [4.78, 5) is 0.942. The Hall–Kier alpha value is -2.05. The number of anilines is 1. The number of ether oxygens (including phenoxy) is 3. The molecule has 0 aliphatic rings. The van der Waals surface area contributed by atoms with E-state index < -0.39 is 6.10 Å². The highest BCUT2D eigenvalue weighted by atomic mass is 32.2. The number of hydrogen-bond donors (Lipinski definition) is 2. The van der Waals surface area contributed by atoms with Crippen LogP contribution in [0.15, 0.2) is 41.3 Å². The molecular formula is C17H21NO4S. The Labute approximate surface area is 140 Å². The van der Waals surface area contributed by atoms with Crippen molar-refractivity contribution >= 4 is 17.4 Å². The molecule has 23 heavy (non-hydrogen) atoms. The van der Waals surface area contributed by atoms with Gasteiger partial charge in [0.05, 0.1) is 19.1 Å². The number of benzene rings is 2. The Kier molecular flexibility index (Phi) is 6.01. The molecule has 1 unspecified atom stereocenters. The van der Waals surface area contributed by atoms with Gasteiger partial charge in [-0.25, -0.2) is 0 Å². The molecule has 0 saturated carbocycles. The summed E-state index contributed by atoms with van der Waals surface area (Å²) in [5.41, 5.74) is 6.94. The van der Waals surface area contributed by atoms with Crippen molar-refractivity contribution < 1.29 is 19.3 Å². The standard InChI is InChI=1S/C17H21NO4S/c1-20-15-9-17(23-3)16(21-2)8-13(15)14(19)10-22-12-6-4-5-11(18)7-12/h4-9,14,19H,10,18H2,1-3H3. The summed E-state index contributed by atoms with van der Waals surface area (Å²) in [7, 11) is 3.17. The van der Waals surface area contributed by atoms with Gasteiger partial charge in [-0.15, -0.1) is 11.8 Å². The summed E-state index contributed by atoms with van der Waals surface area (Å²) < 4.78 is 16.3. The second kappa shape index (κ2) is 7.99. The van der Waals surface area contributed by atoms with Gasteiger partial charge < -0.3 is 25.1 Å². The fourth-order valence-corrected chi connectivity index (χ4v) is 2.75. The van der Waals surface area contributed by atoms with Gasteiger partial charge in [-0.3, -0.25) is 0 Å². The Morgan fingerprint density at radius 3 is 2.48 bits per heavy atom. The van der Waals surface area contributed by atoms with E-state index in [0.717, 1.165) is 4.90 Å². The van der Waals surface area contributed by atoms with E-state index in [1.165, 1.54) is 0 Å². The first-order valence-corrected chi connectivity index (χ1v) is 8.27. The topological polar surface area (TPSA) is 73.9 Å². The molecule has 3 N–H and O–H groups in total. The highest BCUT2D eigenvalue weighted by Crippen LogP contribution is 2.37. The number of rotatable bonds is 7. The average molecular weight is 335 g/mol. The second-order valence-corrected chi connectivity index (χ2v) is 5.70. The molecule has 5 nitrogen and oxygen atoms in total. The lowest BCUT2D eigenvalue weighted by atomic mass is 10.1. The van der Waals surface area contributed by atoms with Gasteiger partial charge in [-0.2, -0.15) is 0 Å². The minimum absolute atomic E-state index is 0.0849. The summed E-state index contributed by atoms with van der Waals surface area (Å²) >= 11 is 1.55. The monoisotopic (exact) mass is 335 g/mol. The molecule has 124 valence electrons. The molecule has 1 atom stereocenters. The van der Waals surface area contributed by atoms with Gasteiger partial charge >= 0.3 is 0 Å². The second-order valence-electron chi connectivity index (χ2n) is 4.85. The van der Waals surface area contributed by atoms with Crippen molar-refractivity contribution in [3.8, 4) is 17.2 Å². The van der Waals surface area contributed by atoms with E-state index in [2.05, 4.69) is 0 Å². The lowest BCUT2D eigenvalue weighted by molar-refractivity contribution is 0.105. The number of aliphatic hydroxyl groups excluding tert-OH is 1. The fraction of sp³-hybridized carbons (Fsp3) is 0.294. The van der Waals surface area contributed by atoms with Crippen molar-refractivity contribution in [2.45, 2.75) is 11.0 Å². The zero-order chi connectivity index (χ0) is 16.8. The molecule has 0 bridgehead atoms. The van der Waals surface area contributed by atoms with Gasteiger partial charge in [0.1, 0.15) is 30.0 Å². The van der Waals surface area contributed by atoms with Gasteiger partial charge in [0, 0.05) is 17.3 Å². The maximum atomic E-state index is 10.4. The van der Waals surface area contributed by atoms with Gasteiger partial charge in [-0.1, -0.05) is 6.07 Å². The zero-order valence-electron chi connectivity index (χ0n) is 13.4. The van der Waals surface area contributed by atoms with E-state index in [1.807, 2.05) is 12.3 Å². The first-order valence-electron chi connectivity index (χ1n) is 7.05. The summed E-state index contributed by atoms with van der Waals surface area (Å²) in [6, 6.07) is 10.7. The van der Waals surface area contributed by atoms with Crippen molar-refractivity contribution in [2.75, 3.05) is 32.8 Å². The van der Waals surface area contributed by atoms with Gasteiger partial charge in [0.15, 0.2) is 0 Å². The van der Waals surface area contributed by atoms with Crippen molar-refractivity contribution in [1.29, 1.82) is 0 Å². The highest BCUT2D eigenvalue weighted by Gasteiger charge is 2.18. The van der Waals surface area contributed by atoms with Gasteiger partial charge in [-0.05, 0) is 30.5 Å². The molecule has 0 spiro atoms. The lowest BCUT2D eigenvalue weighted by Gasteiger charge is -2.18. The third kappa shape index (κ3) is 4.24. The Balaban J connectivity index is 2.19. The summed E-state index contributed by atoms with van der Waals surface area (Å²) in [6.45, 7) is 0.0849. The number of aliphatic hydroxyl groups is 1. The molecule has 0 amide bonds. The third-order valence-corrected chi connectivity index (χ3v) is 4.12. The first-order chi connectivity index (χ1) is 11.1. The van der Waals surface area contributed by atoms with Crippen LogP contribution in [0.2, 0.25) is 0 Å². The maximum absolute atomic E-state index is 10.4. The van der Waals surface area contributed by atoms with Crippen LogP contribution in [-0.4, -0.2) is 32.2 Å². The van der Waals surface area contributed by atoms with E-state index in [1.54, 1.807) is 56.3 Å². The Morgan fingerprint density at radius 2 is 1.87 bits per heavy atom. The molecular weight excluding hydrogens is 314 g/mol. The van der Waals surface area contributed by atoms with Crippen molar-refractivity contribution in [3.05, 3.63) is 42.0 Å². The minimum atomic E-state index is -0.851. The zero-order valence-corrected chi connectivity index (χ0v) is 14.2. The minimum Gasteiger partial charge on any atom is -0.496 e. The molecule has 6 heteroatoms. The largest absolute Gasteiger partial charge is 0.496 e. The van der Waals surface area contributed by atoms with E-state index in [0.29, 0.717) is 28.5 Å². The fourth-order valence-electron chi connectivity index (χ4n) is 2.18. The van der Waals surface area contributed by atoms with E-state index in [-0.39, 0.29) is 6.61 Å². The van der Waals surface area contributed by atoms with Crippen LogP contribution in [0.25, 0.3) is 0 Å². The number of hydrogen-bond acceptors (Lipinski definition) is 6. The van der Waals surface area contributed by atoms with Crippen LogP contribution in [0, 0.1) is 0 Å². The predicted molar refractivity (Wildman–Crippen MR) is 92.6 cm³/mol. The lowest BCUT2D eigenvalue weighted by Crippen LogP contribution is -2.11.